The quantitative estimate of drug-likeness (QED) is 0.506. The number of aliphatic carboxylic acids is 1. The number of carbonyl (C=O) groups is 1. The van der Waals surface area contributed by atoms with Crippen molar-refractivity contribution in [2.45, 2.75) is 12.8 Å². The molecule has 0 unspecified atom stereocenters. The van der Waals surface area contributed by atoms with Gasteiger partial charge >= 0.3 is 18.2 Å². The van der Waals surface area contributed by atoms with Crippen LogP contribution in [0.15, 0.2) is 6.07 Å². The van der Waals surface area contributed by atoms with Gasteiger partial charge in [0.05, 0.1) is 6.42 Å². The summed E-state index contributed by atoms with van der Waals surface area (Å²) in [6.45, 7) is 0. The lowest BCUT2D eigenvalue weighted by molar-refractivity contribution is -0.389. The van der Waals surface area contributed by atoms with Gasteiger partial charge in [0.15, 0.2) is 0 Å². The highest BCUT2D eigenvalue weighted by Crippen LogP contribution is 2.28. The van der Waals surface area contributed by atoms with Crippen molar-refractivity contribution in [3.63, 3.8) is 0 Å². The number of carboxylic acids is 1. The Bertz CT molecular complexity index is 481. The summed E-state index contributed by atoms with van der Waals surface area (Å²) in [6, 6.07) is 0.963. The van der Waals surface area contributed by atoms with Crippen LogP contribution in [0.2, 0.25) is 0 Å². The predicted octanol–water partition coefficient (Wildman–Crippen LogP) is 2.16. The largest absolute Gasteiger partial charge is 0.481 e. The van der Waals surface area contributed by atoms with Gasteiger partial charge in [-0.3, -0.25) is 4.79 Å². The number of alkyl halides is 2. The molecule has 0 radical (unpaired) electrons. The molecule has 0 saturated heterocycles. The predicted molar refractivity (Wildman–Crippen MR) is 59.9 cm³/mol. The molecule has 17 heavy (non-hydrogen) atoms. The highest BCUT2D eigenvalue weighted by atomic mass is 127. The molecule has 9 heteroatoms. The van der Waals surface area contributed by atoms with Crippen molar-refractivity contribution in [1.29, 1.82) is 0 Å². The van der Waals surface area contributed by atoms with Gasteiger partial charge in [-0.1, -0.05) is 0 Å². The maximum atomic E-state index is 12.6. The highest BCUT2D eigenvalue weighted by Gasteiger charge is 2.27. The van der Waals surface area contributed by atoms with Gasteiger partial charge in [-0.15, -0.1) is 0 Å². The van der Waals surface area contributed by atoms with E-state index in [-0.39, 0.29) is 9.13 Å². The van der Waals surface area contributed by atoms with Crippen LogP contribution in [-0.4, -0.2) is 21.0 Å². The van der Waals surface area contributed by atoms with Gasteiger partial charge in [-0.05, 0) is 32.5 Å². The molecular formula is C8H5F2IN2O4. The fourth-order valence-electron chi connectivity index (χ4n) is 1.15. The standard InChI is InChI=1S/C8H5F2IN2O4/c9-8(10)7-3(1-6(14)15)4(11)2-5(12-7)13(16)17/h2,8H,1H2,(H,14,15). The zero-order chi connectivity index (χ0) is 13.2. The maximum Gasteiger partial charge on any atom is 0.364 e. The molecule has 6 nitrogen and oxygen atoms in total. The van der Waals surface area contributed by atoms with E-state index in [0.29, 0.717) is 0 Å². The molecule has 0 saturated carbocycles. The number of pyridine rings is 1. The maximum absolute atomic E-state index is 12.6. The first-order valence-electron chi connectivity index (χ1n) is 4.16. The molecule has 0 aromatic carbocycles. The Balaban J connectivity index is 3.38. The molecule has 0 bridgehead atoms. The minimum atomic E-state index is -3.06. The summed E-state index contributed by atoms with van der Waals surface area (Å²) in [4.78, 5) is 23.2. The third-order valence-corrected chi connectivity index (χ3v) is 2.77. The van der Waals surface area contributed by atoms with Gasteiger partial charge in [-0.25, -0.2) is 8.78 Å². The van der Waals surface area contributed by atoms with Crippen molar-refractivity contribution >= 4 is 34.4 Å². The van der Waals surface area contributed by atoms with Crippen molar-refractivity contribution in [1.82, 2.24) is 4.98 Å². The van der Waals surface area contributed by atoms with Gasteiger partial charge in [0.25, 0.3) is 0 Å². The number of rotatable bonds is 4. The minimum absolute atomic E-state index is 0.0852. The van der Waals surface area contributed by atoms with E-state index in [0.717, 1.165) is 6.07 Å². The second-order valence-corrected chi connectivity index (χ2v) is 4.12. The van der Waals surface area contributed by atoms with Crippen LogP contribution in [0.1, 0.15) is 17.7 Å². The van der Waals surface area contributed by atoms with Crippen molar-refractivity contribution in [2.24, 2.45) is 0 Å². The van der Waals surface area contributed by atoms with Gasteiger partial charge < -0.3 is 15.2 Å². The van der Waals surface area contributed by atoms with E-state index in [1.54, 1.807) is 22.6 Å². The number of nitro groups is 1. The summed E-state index contributed by atoms with van der Waals surface area (Å²) >= 11 is 1.57. The average Bonchev–Trinajstić information content (AvgIpc) is 2.19. The molecule has 0 atom stereocenters. The molecule has 1 N–H and O–H groups in total. The first kappa shape index (κ1) is 13.7. The number of halogens is 3. The number of carboxylic acid groups (broad SMARTS) is 1. The summed E-state index contributed by atoms with van der Waals surface area (Å²) in [6.07, 6.45) is -3.71. The summed E-state index contributed by atoms with van der Waals surface area (Å²) in [5.74, 6) is -2.03. The SMILES string of the molecule is O=C(O)Cc1c(I)cc([N+](=O)[O-])nc1C(F)F. The molecule has 0 aliphatic rings. The van der Waals surface area contributed by atoms with E-state index < -0.39 is 35.3 Å². The van der Waals surface area contributed by atoms with E-state index in [9.17, 15) is 23.7 Å². The van der Waals surface area contributed by atoms with E-state index in [1.807, 2.05) is 0 Å². The van der Waals surface area contributed by atoms with Crippen molar-refractivity contribution in [3.05, 3.63) is 31.0 Å². The average molecular weight is 358 g/mol. The Morgan fingerprint density at radius 2 is 2.24 bits per heavy atom. The van der Waals surface area contributed by atoms with E-state index >= 15 is 0 Å². The van der Waals surface area contributed by atoms with E-state index in [1.165, 1.54) is 0 Å². The lowest BCUT2D eigenvalue weighted by Gasteiger charge is -2.05. The van der Waals surface area contributed by atoms with Crippen molar-refractivity contribution in [3.8, 4) is 0 Å². The molecule has 0 spiro atoms. The van der Waals surface area contributed by atoms with Crippen LogP contribution in [0, 0.1) is 13.7 Å². The molecule has 1 rings (SSSR count). The fraction of sp³-hybridized carbons (Fsp3) is 0.250. The molecule has 1 aromatic heterocycles. The number of aromatic nitrogens is 1. The van der Waals surface area contributed by atoms with Gasteiger partial charge in [0, 0.05) is 15.2 Å². The third kappa shape index (κ3) is 3.28. The second-order valence-electron chi connectivity index (χ2n) is 2.95. The van der Waals surface area contributed by atoms with Gasteiger partial charge in [0.2, 0.25) is 5.69 Å². The topological polar surface area (TPSA) is 93.3 Å². The van der Waals surface area contributed by atoms with E-state index in [4.69, 9.17) is 5.11 Å². The molecule has 0 fully saturated rings. The Morgan fingerprint density at radius 1 is 1.65 bits per heavy atom. The smallest absolute Gasteiger partial charge is 0.364 e. The van der Waals surface area contributed by atoms with Crippen LogP contribution in [0.3, 0.4) is 0 Å². The summed E-state index contributed by atoms with van der Waals surface area (Å²) in [7, 11) is 0. The normalized spacial score (nSPS) is 10.6. The van der Waals surface area contributed by atoms with Crippen LogP contribution in [-0.2, 0) is 11.2 Å². The minimum Gasteiger partial charge on any atom is -0.481 e. The first-order chi connectivity index (χ1) is 7.82. The van der Waals surface area contributed by atoms with Crippen LogP contribution in [0.5, 0.6) is 0 Å². The molecule has 1 aromatic rings. The zero-order valence-corrected chi connectivity index (χ0v) is 10.2. The summed E-state index contributed by atoms with van der Waals surface area (Å²) in [5.41, 5.74) is -1.05. The highest BCUT2D eigenvalue weighted by molar-refractivity contribution is 14.1. The summed E-state index contributed by atoms with van der Waals surface area (Å²) < 4.78 is 25.3. The van der Waals surface area contributed by atoms with Gasteiger partial charge in [-0.2, -0.15) is 0 Å². The van der Waals surface area contributed by atoms with Crippen LogP contribution >= 0.6 is 22.6 Å². The Hall–Kier alpha value is -1.39. The Morgan fingerprint density at radius 3 is 2.65 bits per heavy atom. The molecule has 0 amide bonds. The fourth-order valence-corrected chi connectivity index (χ4v) is 1.89. The Kier molecular flexibility index (Phi) is 4.26. The first-order valence-corrected chi connectivity index (χ1v) is 5.24. The zero-order valence-electron chi connectivity index (χ0n) is 8.06. The molecule has 1 heterocycles. The number of hydrogen-bond donors (Lipinski definition) is 1. The van der Waals surface area contributed by atoms with Crippen molar-refractivity contribution in [2.75, 3.05) is 0 Å². The van der Waals surface area contributed by atoms with E-state index in [2.05, 4.69) is 4.98 Å². The van der Waals surface area contributed by atoms with Crippen molar-refractivity contribution < 1.29 is 23.6 Å². The third-order valence-electron chi connectivity index (χ3n) is 1.81. The lowest BCUT2D eigenvalue weighted by Crippen LogP contribution is -2.09. The number of hydrogen-bond acceptors (Lipinski definition) is 4. The van der Waals surface area contributed by atoms with Gasteiger partial charge in [0.1, 0.15) is 0 Å². The molecule has 0 aliphatic heterocycles. The molecular weight excluding hydrogens is 353 g/mol. The second kappa shape index (κ2) is 5.29. The molecule has 0 aliphatic carbocycles. The summed E-state index contributed by atoms with van der Waals surface area (Å²) in [5, 5.41) is 19.0. The monoisotopic (exact) mass is 358 g/mol. The number of nitrogens with zero attached hydrogens (tertiary/aromatic N) is 2. The lowest BCUT2D eigenvalue weighted by atomic mass is 10.1. The van der Waals surface area contributed by atoms with Crippen LogP contribution < -0.4 is 0 Å². The van der Waals surface area contributed by atoms with Crippen LogP contribution in [0.4, 0.5) is 14.6 Å². The van der Waals surface area contributed by atoms with Crippen LogP contribution in [0.25, 0.3) is 0 Å². The Labute approximate surface area is 107 Å². The molecule has 92 valence electrons.